The molecular weight excluding hydrogens is 281 g/mol. The molecule has 5 heteroatoms. The Morgan fingerprint density at radius 2 is 2.20 bits per heavy atom. The van der Waals surface area contributed by atoms with Crippen LogP contribution in [-0.4, -0.2) is 9.75 Å². The Hall–Kier alpha value is -0.610. The van der Waals surface area contributed by atoms with Crippen molar-refractivity contribution in [3.63, 3.8) is 0 Å². The molecule has 0 saturated carbocycles. The first-order valence-corrected chi connectivity index (χ1v) is 5.78. The molecule has 1 atom stereocenters. The number of rotatable bonds is 3. The Balaban J connectivity index is 3.13. The van der Waals surface area contributed by atoms with Crippen molar-refractivity contribution in [2.24, 2.45) is 0 Å². The monoisotopic (exact) mass is 291 g/mol. The molecule has 0 bridgehead atoms. The molecule has 0 saturated heterocycles. The Morgan fingerprint density at radius 3 is 2.67 bits per heavy atom. The fourth-order valence-corrected chi connectivity index (χ4v) is 1.97. The maximum Gasteiger partial charge on any atom is 0.288 e. The van der Waals surface area contributed by atoms with E-state index in [2.05, 4.69) is 15.9 Å². The summed E-state index contributed by atoms with van der Waals surface area (Å²) in [7, 11) is 0. The van der Waals surface area contributed by atoms with E-state index in [0.29, 0.717) is 4.83 Å². The summed E-state index contributed by atoms with van der Waals surface area (Å²) >= 11 is 9.26. The summed E-state index contributed by atoms with van der Waals surface area (Å²) in [5.74, 6) is 0. The van der Waals surface area contributed by atoms with Crippen LogP contribution in [0.25, 0.3) is 0 Å². The Kier molecular flexibility index (Phi) is 4.11. The van der Waals surface area contributed by atoms with Crippen molar-refractivity contribution in [1.29, 1.82) is 0 Å². The smallest absolute Gasteiger partial charge is 0.258 e. The highest BCUT2D eigenvalue weighted by molar-refractivity contribution is 9.09. The second-order valence-corrected chi connectivity index (χ2v) is 5.44. The number of hydrogen-bond acceptors (Lipinski definition) is 2. The third-order valence-corrected chi connectivity index (χ3v) is 2.73. The second-order valence-electron chi connectivity index (χ2n) is 3.47. The SMILES string of the molecule is Cc1cc([N+](=O)[O-])c(Cl)cc1CC(C)Br. The molecule has 0 aliphatic heterocycles. The van der Waals surface area contributed by atoms with Gasteiger partial charge in [-0.05, 0) is 30.5 Å². The molecule has 15 heavy (non-hydrogen) atoms. The molecule has 0 radical (unpaired) electrons. The normalized spacial score (nSPS) is 12.5. The number of aryl methyl sites for hydroxylation is 1. The van der Waals surface area contributed by atoms with Gasteiger partial charge in [0.15, 0.2) is 0 Å². The predicted molar refractivity (Wildman–Crippen MR) is 64.9 cm³/mol. The highest BCUT2D eigenvalue weighted by atomic mass is 79.9. The molecule has 1 unspecified atom stereocenters. The van der Waals surface area contributed by atoms with Gasteiger partial charge < -0.3 is 0 Å². The molecule has 0 aliphatic carbocycles. The van der Waals surface area contributed by atoms with E-state index >= 15 is 0 Å². The summed E-state index contributed by atoms with van der Waals surface area (Å²) in [5.41, 5.74) is 1.91. The van der Waals surface area contributed by atoms with Gasteiger partial charge in [-0.3, -0.25) is 10.1 Å². The van der Waals surface area contributed by atoms with Gasteiger partial charge in [0, 0.05) is 10.9 Å². The molecule has 1 aromatic carbocycles. The zero-order valence-electron chi connectivity index (χ0n) is 8.46. The van der Waals surface area contributed by atoms with Crippen LogP contribution in [0.2, 0.25) is 5.02 Å². The highest BCUT2D eigenvalue weighted by Crippen LogP contribution is 2.28. The Labute approximate surface area is 102 Å². The number of nitrogens with zero attached hydrogens (tertiary/aromatic N) is 1. The standard InChI is InChI=1S/C10H11BrClNO2/c1-6-3-10(13(14)15)9(12)5-8(6)4-7(2)11/h3,5,7H,4H2,1-2H3. The van der Waals surface area contributed by atoms with Crippen LogP contribution in [-0.2, 0) is 6.42 Å². The lowest BCUT2D eigenvalue weighted by Gasteiger charge is -2.08. The zero-order valence-corrected chi connectivity index (χ0v) is 10.8. The van der Waals surface area contributed by atoms with E-state index < -0.39 is 4.92 Å². The van der Waals surface area contributed by atoms with Crippen LogP contribution in [0.4, 0.5) is 5.69 Å². The molecule has 1 aromatic rings. The van der Waals surface area contributed by atoms with Crippen molar-refractivity contribution in [2.45, 2.75) is 25.1 Å². The average Bonchev–Trinajstić information content (AvgIpc) is 2.09. The topological polar surface area (TPSA) is 43.1 Å². The molecule has 82 valence electrons. The first-order chi connectivity index (χ1) is 6.91. The third kappa shape index (κ3) is 3.18. The molecule has 0 N–H and O–H groups in total. The largest absolute Gasteiger partial charge is 0.288 e. The first-order valence-electron chi connectivity index (χ1n) is 4.49. The van der Waals surface area contributed by atoms with Gasteiger partial charge in [0.2, 0.25) is 0 Å². The molecule has 3 nitrogen and oxygen atoms in total. The fraction of sp³-hybridized carbons (Fsp3) is 0.400. The Bertz CT molecular complexity index is 393. The molecule has 0 amide bonds. The number of halogens is 2. The van der Waals surface area contributed by atoms with E-state index in [1.165, 1.54) is 6.07 Å². The molecule has 0 heterocycles. The van der Waals surface area contributed by atoms with Crippen molar-refractivity contribution >= 4 is 33.2 Å². The quantitative estimate of drug-likeness (QED) is 0.482. The lowest BCUT2D eigenvalue weighted by Crippen LogP contribution is -2.00. The summed E-state index contributed by atoms with van der Waals surface area (Å²) < 4.78 is 0. The number of benzene rings is 1. The van der Waals surface area contributed by atoms with Crippen LogP contribution in [0.1, 0.15) is 18.1 Å². The molecular formula is C10H11BrClNO2. The van der Waals surface area contributed by atoms with Gasteiger partial charge in [-0.25, -0.2) is 0 Å². The second kappa shape index (κ2) is 4.94. The summed E-state index contributed by atoms with van der Waals surface area (Å²) in [5, 5.41) is 10.8. The van der Waals surface area contributed by atoms with Gasteiger partial charge in [0.25, 0.3) is 5.69 Å². The van der Waals surface area contributed by atoms with Crippen molar-refractivity contribution < 1.29 is 4.92 Å². The minimum absolute atomic E-state index is 0.0276. The van der Waals surface area contributed by atoms with Gasteiger partial charge in [-0.1, -0.05) is 34.5 Å². The summed E-state index contributed by atoms with van der Waals surface area (Å²) in [6.45, 7) is 3.88. The van der Waals surface area contributed by atoms with Crippen LogP contribution in [0.15, 0.2) is 12.1 Å². The first kappa shape index (κ1) is 12.5. The van der Waals surface area contributed by atoms with Crippen molar-refractivity contribution in [3.8, 4) is 0 Å². The van der Waals surface area contributed by atoms with E-state index in [1.807, 2.05) is 13.8 Å². The van der Waals surface area contributed by atoms with Gasteiger partial charge in [-0.2, -0.15) is 0 Å². The van der Waals surface area contributed by atoms with Crippen molar-refractivity contribution in [1.82, 2.24) is 0 Å². The van der Waals surface area contributed by atoms with Crippen LogP contribution in [0.5, 0.6) is 0 Å². The summed E-state index contributed by atoms with van der Waals surface area (Å²) in [6.07, 6.45) is 0.809. The number of nitro groups is 1. The average molecular weight is 293 g/mol. The van der Waals surface area contributed by atoms with Gasteiger partial charge >= 0.3 is 0 Å². The van der Waals surface area contributed by atoms with Gasteiger partial charge in [-0.15, -0.1) is 0 Å². The maximum absolute atomic E-state index is 10.6. The van der Waals surface area contributed by atoms with E-state index in [9.17, 15) is 10.1 Å². The van der Waals surface area contributed by atoms with E-state index in [0.717, 1.165) is 17.5 Å². The van der Waals surface area contributed by atoms with Crippen LogP contribution < -0.4 is 0 Å². The van der Waals surface area contributed by atoms with E-state index in [4.69, 9.17) is 11.6 Å². The number of alkyl halides is 1. The fourth-order valence-electron chi connectivity index (χ4n) is 1.37. The van der Waals surface area contributed by atoms with Gasteiger partial charge in [0.05, 0.1) is 4.92 Å². The van der Waals surface area contributed by atoms with Crippen molar-refractivity contribution in [2.75, 3.05) is 0 Å². The molecule has 0 spiro atoms. The number of hydrogen-bond donors (Lipinski definition) is 0. The predicted octanol–water partition coefficient (Wildman–Crippen LogP) is 3.88. The molecule has 0 aliphatic rings. The Morgan fingerprint density at radius 1 is 1.60 bits per heavy atom. The molecule has 1 rings (SSSR count). The molecule has 0 fully saturated rings. The summed E-state index contributed by atoms with van der Waals surface area (Å²) in [4.78, 5) is 10.5. The lowest BCUT2D eigenvalue weighted by molar-refractivity contribution is -0.384. The van der Waals surface area contributed by atoms with Crippen LogP contribution in [0.3, 0.4) is 0 Å². The van der Waals surface area contributed by atoms with Gasteiger partial charge in [0.1, 0.15) is 5.02 Å². The highest BCUT2D eigenvalue weighted by Gasteiger charge is 2.15. The van der Waals surface area contributed by atoms with Crippen LogP contribution in [0, 0.1) is 17.0 Å². The van der Waals surface area contributed by atoms with E-state index in [-0.39, 0.29) is 10.7 Å². The van der Waals surface area contributed by atoms with Crippen molar-refractivity contribution in [3.05, 3.63) is 38.4 Å². The van der Waals surface area contributed by atoms with Crippen LogP contribution >= 0.6 is 27.5 Å². The third-order valence-electron chi connectivity index (χ3n) is 2.10. The maximum atomic E-state index is 10.6. The lowest BCUT2D eigenvalue weighted by atomic mass is 10.0. The minimum Gasteiger partial charge on any atom is -0.258 e. The van der Waals surface area contributed by atoms with E-state index in [1.54, 1.807) is 6.07 Å². The number of nitro benzene ring substituents is 1. The minimum atomic E-state index is -0.462. The molecule has 0 aromatic heterocycles. The summed E-state index contributed by atoms with van der Waals surface area (Å²) in [6, 6.07) is 3.19. The zero-order chi connectivity index (χ0) is 11.6.